The molecule has 0 spiro atoms. The highest BCUT2D eigenvalue weighted by Crippen LogP contribution is 2.13. The maximum absolute atomic E-state index is 8.53. The fraction of sp³-hybridized carbons (Fsp3) is 0.571. The Labute approximate surface area is 70.1 Å². The van der Waals surface area contributed by atoms with Gasteiger partial charge in [-0.2, -0.15) is 0 Å². The molecule has 1 aromatic rings. The van der Waals surface area contributed by atoms with Crippen molar-refractivity contribution in [2.75, 3.05) is 13.2 Å². The minimum atomic E-state index is 0.176. The van der Waals surface area contributed by atoms with Crippen molar-refractivity contribution in [1.82, 2.24) is 10.3 Å². The highest BCUT2D eigenvalue weighted by atomic mass is 32.1. The van der Waals surface area contributed by atoms with Crippen molar-refractivity contribution < 1.29 is 5.11 Å². The summed E-state index contributed by atoms with van der Waals surface area (Å²) < 4.78 is 0. The van der Waals surface area contributed by atoms with E-state index in [0.29, 0.717) is 6.54 Å². The second-order valence-corrected chi connectivity index (χ2v) is 3.20. The van der Waals surface area contributed by atoms with Crippen molar-refractivity contribution in [1.29, 1.82) is 0 Å². The second-order valence-electron chi connectivity index (χ2n) is 2.27. The lowest BCUT2D eigenvalue weighted by atomic mass is 10.3. The van der Waals surface area contributed by atoms with Crippen molar-refractivity contribution in [2.45, 2.75) is 13.0 Å². The molecule has 0 aliphatic rings. The quantitative estimate of drug-likeness (QED) is 0.705. The summed E-state index contributed by atoms with van der Waals surface area (Å²) in [6, 6.07) is 0.252. The highest BCUT2D eigenvalue weighted by Gasteiger charge is 2.04. The first-order chi connectivity index (χ1) is 5.34. The Morgan fingerprint density at radius 2 is 2.64 bits per heavy atom. The first-order valence-electron chi connectivity index (χ1n) is 3.58. The lowest BCUT2D eigenvalue weighted by Gasteiger charge is -2.08. The van der Waals surface area contributed by atoms with Crippen molar-refractivity contribution in [2.24, 2.45) is 0 Å². The fourth-order valence-electron chi connectivity index (χ4n) is 0.817. The molecule has 0 unspecified atom stereocenters. The van der Waals surface area contributed by atoms with E-state index in [1.165, 1.54) is 0 Å². The number of aliphatic hydroxyl groups is 1. The van der Waals surface area contributed by atoms with Crippen molar-refractivity contribution in [3.05, 3.63) is 16.6 Å². The van der Waals surface area contributed by atoms with E-state index in [-0.39, 0.29) is 12.6 Å². The Kier molecular flexibility index (Phi) is 3.48. The molecule has 11 heavy (non-hydrogen) atoms. The monoisotopic (exact) mass is 172 g/mol. The molecule has 0 aromatic carbocycles. The number of hydrogen-bond donors (Lipinski definition) is 2. The molecule has 0 fully saturated rings. The van der Waals surface area contributed by atoms with Crippen LogP contribution in [0.1, 0.15) is 18.0 Å². The third kappa shape index (κ3) is 2.57. The van der Waals surface area contributed by atoms with Gasteiger partial charge in [-0.15, -0.1) is 11.3 Å². The van der Waals surface area contributed by atoms with Gasteiger partial charge >= 0.3 is 0 Å². The van der Waals surface area contributed by atoms with Crippen molar-refractivity contribution in [3.63, 3.8) is 0 Å². The molecular formula is C7H12N2OS. The van der Waals surface area contributed by atoms with Gasteiger partial charge in [0.1, 0.15) is 5.01 Å². The molecule has 3 nitrogen and oxygen atoms in total. The van der Waals surface area contributed by atoms with Crippen LogP contribution in [0, 0.1) is 0 Å². The number of nitrogens with zero attached hydrogens (tertiary/aromatic N) is 1. The average molecular weight is 172 g/mol. The number of thiazole rings is 1. The molecular weight excluding hydrogens is 160 g/mol. The first kappa shape index (κ1) is 8.64. The SMILES string of the molecule is C[C@H](NCCO)c1nccs1. The standard InChI is InChI=1S/C7H12N2OS/c1-6(8-2-4-10)7-9-3-5-11-7/h3,5-6,8,10H,2,4H2,1H3/t6-/m0/s1. The van der Waals surface area contributed by atoms with Crippen molar-refractivity contribution in [3.8, 4) is 0 Å². The van der Waals surface area contributed by atoms with Crippen LogP contribution >= 0.6 is 11.3 Å². The van der Waals surface area contributed by atoms with E-state index >= 15 is 0 Å². The van der Waals surface area contributed by atoms with Gasteiger partial charge in [0.25, 0.3) is 0 Å². The topological polar surface area (TPSA) is 45.1 Å². The minimum Gasteiger partial charge on any atom is -0.395 e. The Bertz CT molecular complexity index is 188. The summed E-state index contributed by atoms with van der Waals surface area (Å²) in [6.45, 7) is 2.84. The van der Waals surface area contributed by atoms with Gasteiger partial charge in [-0.3, -0.25) is 0 Å². The Balaban J connectivity index is 2.36. The lowest BCUT2D eigenvalue weighted by molar-refractivity contribution is 0.286. The number of aromatic nitrogens is 1. The molecule has 1 rings (SSSR count). The third-order valence-corrected chi connectivity index (χ3v) is 2.34. The minimum absolute atomic E-state index is 0.176. The van der Waals surface area contributed by atoms with E-state index in [4.69, 9.17) is 5.11 Å². The zero-order valence-corrected chi connectivity index (χ0v) is 7.27. The third-order valence-electron chi connectivity index (χ3n) is 1.38. The van der Waals surface area contributed by atoms with Crippen LogP contribution in [0.3, 0.4) is 0 Å². The fourth-order valence-corrected chi connectivity index (χ4v) is 1.49. The molecule has 0 radical (unpaired) electrons. The van der Waals surface area contributed by atoms with Gasteiger partial charge in [0.15, 0.2) is 0 Å². The molecule has 0 bridgehead atoms. The Morgan fingerprint density at radius 1 is 1.82 bits per heavy atom. The zero-order chi connectivity index (χ0) is 8.10. The normalized spacial score (nSPS) is 13.3. The number of hydrogen-bond acceptors (Lipinski definition) is 4. The summed E-state index contributed by atoms with van der Waals surface area (Å²) in [5.74, 6) is 0. The first-order valence-corrected chi connectivity index (χ1v) is 4.46. The van der Waals surface area contributed by atoms with Crippen LogP contribution in [0.4, 0.5) is 0 Å². The molecule has 0 aliphatic heterocycles. The van der Waals surface area contributed by atoms with Gasteiger partial charge < -0.3 is 10.4 Å². The van der Waals surface area contributed by atoms with Crippen LogP contribution in [-0.2, 0) is 0 Å². The number of rotatable bonds is 4. The average Bonchev–Trinajstić information content (AvgIpc) is 2.52. The zero-order valence-electron chi connectivity index (χ0n) is 6.45. The summed E-state index contributed by atoms with van der Waals surface area (Å²) in [5, 5.41) is 14.7. The van der Waals surface area contributed by atoms with Gasteiger partial charge in [-0.05, 0) is 6.92 Å². The number of aliphatic hydroxyl groups excluding tert-OH is 1. The van der Waals surface area contributed by atoms with Gasteiger partial charge in [0.05, 0.1) is 12.6 Å². The van der Waals surface area contributed by atoms with Crippen LogP contribution in [0.2, 0.25) is 0 Å². The molecule has 4 heteroatoms. The predicted octanol–water partition coefficient (Wildman–Crippen LogP) is 0.786. The molecule has 1 heterocycles. The van der Waals surface area contributed by atoms with Crippen LogP contribution in [-0.4, -0.2) is 23.2 Å². The van der Waals surface area contributed by atoms with Gasteiger partial charge in [0.2, 0.25) is 0 Å². The van der Waals surface area contributed by atoms with Gasteiger partial charge in [0, 0.05) is 18.1 Å². The smallest absolute Gasteiger partial charge is 0.109 e. The second kappa shape index (κ2) is 4.43. The summed E-state index contributed by atoms with van der Waals surface area (Å²) in [7, 11) is 0. The number of nitrogens with one attached hydrogen (secondary N) is 1. The lowest BCUT2D eigenvalue weighted by Crippen LogP contribution is -2.21. The van der Waals surface area contributed by atoms with E-state index in [9.17, 15) is 0 Å². The summed E-state index contributed by atoms with van der Waals surface area (Å²) in [6.07, 6.45) is 1.79. The molecule has 2 N–H and O–H groups in total. The van der Waals surface area contributed by atoms with Crippen LogP contribution in [0.15, 0.2) is 11.6 Å². The van der Waals surface area contributed by atoms with Crippen LogP contribution in [0.25, 0.3) is 0 Å². The van der Waals surface area contributed by atoms with Crippen molar-refractivity contribution >= 4 is 11.3 Å². The largest absolute Gasteiger partial charge is 0.395 e. The molecule has 62 valence electrons. The molecule has 1 atom stereocenters. The summed E-state index contributed by atoms with van der Waals surface area (Å²) in [5.41, 5.74) is 0. The molecule has 0 amide bonds. The van der Waals surface area contributed by atoms with Crippen LogP contribution in [0.5, 0.6) is 0 Å². The molecule has 0 saturated heterocycles. The predicted molar refractivity (Wildman–Crippen MR) is 45.6 cm³/mol. The molecule has 0 aliphatic carbocycles. The van der Waals surface area contributed by atoms with E-state index in [1.54, 1.807) is 17.5 Å². The molecule has 1 aromatic heterocycles. The Hall–Kier alpha value is -0.450. The summed E-state index contributed by atoms with van der Waals surface area (Å²) in [4.78, 5) is 4.14. The van der Waals surface area contributed by atoms with Gasteiger partial charge in [-0.25, -0.2) is 4.98 Å². The van der Waals surface area contributed by atoms with Crippen LogP contribution < -0.4 is 5.32 Å². The molecule has 0 saturated carbocycles. The highest BCUT2D eigenvalue weighted by molar-refractivity contribution is 7.09. The van der Waals surface area contributed by atoms with E-state index in [2.05, 4.69) is 10.3 Å². The maximum Gasteiger partial charge on any atom is 0.109 e. The Morgan fingerprint density at radius 3 is 3.18 bits per heavy atom. The summed E-state index contributed by atoms with van der Waals surface area (Å²) >= 11 is 1.63. The van der Waals surface area contributed by atoms with E-state index < -0.39 is 0 Å². The maximum atomic E-state index is 8.53. The van der Waals surface area contributed by atoms with E-state index in [1.807, 2.05) is 12.3 Å². The van der Waals surface area contributed by atoms with E-state index in [0.717, 1.165) is 5.01 Å². The van der Waals surface area contributed by atoms with Gasteiger partial charge in [-0.1, -0.05) is 0 Å².